The lowest BCUT2D eigenvalue weighted by molar-refractivity contribution is 0.363. The molecule has 126 valence electrons. The first-order chi connectivity index (χ1) is 11.7. The molecular formula is C20H24N2OS. The van der Waals surface area contributed by atoms with E-state index in [2.05, 4.69) is 48.4 Å². The summed E-state index contributed by atoms with van der Waals surface area (Å²) in [7, 11) is 0. The molecule has 1 atom stereocenters. The van der Waals surface area contributed by atoms with Gasteiger partial charge in [-0.05, 0) is 61.8 Å². The van der Waals surface area contributed by atoms with Gasteiger partial charge in [-0.1, -0.05) is 43.0 Å². The number of anilines is 1. The smallest absolute Gasteiger partial charge is 0.170 e. The van der Waals surface area contributed by atoms with Gasteiger partial charge in [0.05, 0.1) is 0 Å². The second kappa shape index (κ2) is 9.73. The molecule has 0 aliphatic rings. The van der Waals surface area contributed by atoms with E-state index in [1.165, 1.54) is 5.56 Å². The van der Waals surface area contributed by atoms with Crippen LogP contribution in [0, 0.1) is 0 Å². The molecule has 0 fully saturated rings. The van der Waals surface area contributed by atoms with Gasteiger partial charge in [0.1, 0.15) is 12.4 Å². The number of nitrogens with one attached hydrogen (secondary N) is 2. The van der Waals surface area contributed by atoms with Crippen LogP contribution in [0.5, 0.6) is 5.75 Å². The van der Waals surface area contributed by atoms with Crippen molar-refractivity contribution in [3.05, 3.63) is 72.8 Å². The van der Waals surface area contributed by atoms with Crippen LogP contribution in [0.15, 0.2) is 67.3 Å². The highest BCUT2D eigenvalue weighted by atomic mass is 32.1. The predicted molar refractivity (Wildman–Crippen MR) is 106 cm³/mol. The van der Waals surface area contributed by atoms with Gasteiger partial charge in [0.15, 0.2) is 5.11 Å². The maximum Gasteiger partial charge on any atom is 0.170 e. The van der Waals surface area contributed by atoms with Crippen molar-refractivity contribution >= 4 is 23.0 Å². The fourth-order valence-electron chi connectivity index (χ4n) is 2.28. The number of rotatable bonds is 8. The molecule has 2 aromatic rings. The van der Waals surface area contributed by atoms with Gasteiger partial charge in [-0.15, -0.1) is 0 Å². The molecule has 24 heavy (non-hydrogen) atoms. The lowest BCUT2D eigenvalue weighted by Gasteiger charge is -2.17. The van der Waals surface area contributed by atoms with Gasteiger partial charge in [0.2, 0.25) is 0 Å². The Labute approximate surface area is 149 Å². The van der Waals surface area contributed by atoms with E-state index in [1.54, 1.807) is 6.08 Å². The van der Waals surface area contributed by atoms with Crippen molar-refractivity contribution in [2.75, 3.05) is 11.9 Å². The molecule has 0 saturated carbocycles. The van der Waals surface area contributed by atoms with Gasteiger partial charge < -0.3 is 15.4 Å². The molecule has 0 aliphatic carbocycles. The Morgan fingerprint density at radius 3 is 2.54 bits per heavy atom. The molecule has 0 radical (unpaired) electrons. The SMILES string of the molecule is C=CCOc1ccc(NC(=S)N[C@H](C)CCc2ccccc2)cc1. The maximum absolute atomic E-state index is 5.46. The second-order valence-electron chi connectivity index (χ2n) is 5.65. The fourth-order valence-corrected chi connectivity index (χ4v) is 2.60. The van der Waals surface area contributed by atoms with Gasteiger partial charge in [-0.25, -0.2) is 0 Å². The van der Waals surface area contributed by atoms with Crippen LogP contribution in [-0.4, -0.2) is 17.8 Å². The molecule has 0 aliphatic heterocycles. The summed E-state index contributed by atoms with van der Waals surface area (Å²) in [5.41, 5.74) is 2.29. The summed E-state index contributed by atoms with van der Waals surface area (Å²) in [6, 6.07) is 18.5. The van der Waals surface area contributed by atoms with Crippen LogP contribution in [-0.2, 0) is 6.42 Å². The van der Waals surface area contributed by atoms with E-state index >= 15 is 0 Å². The quantitative estimate of drug-likeness (QED) is 0.545. The summed E-state index contributed by atoms with van der Waals surface area (Å²) in [5.74, 6) is 0.815. The van der Waals surface area contributed by atoms with Crippen molar-refractivity contribution in [3.8, 4) is 5.75 Å². The molecule has 2 rings (SSSR count). The summed E-state index contributed by atoms with van der Waals surface area (Å²) < 4.78 is 5.46. The third-order valence-electron chi connectivity index (χ3n) is 3.57. The molecule has 0 saturated heterocycles. The van der Waals surface area contributed by atoms with E-state index in [0.29, 0.717) is 17.8 Å². The van der Waals surface area contributed by atoms with Crippen LogP contribution < -0.4 is 15.4 Å². The summed E-state index contributed by atoms with van der Waals surface area (Å²) in [6.07, 6.45) is 3.79. The second-order valence-corrected chi connectivity index (χ2v) is 6.06. The highest BCUT2D eigenvalue weighted by Crippen LogP contribution is 2.15. The number of ether oxygens (including phenoxy) is 1. The Kier molecular flexibility index (Phi) is 7.30. The third-order valence-corrected chi connectivity index (χ3v) is 3.79. The highest BCUT2D eigenvalue weighted by molar-refractivity contribution is 7.80. The first-order valence-corrected chi connectivity index (χ1v) is 8.53. The van der Waals surface area contributed by atoms with Gasteiger partial charge in [-0.3, -0.25) is 0 Å². The molecule has 4 heteroatoms. The molecule has 0 spiro atoms. The molecule has 3 nitrogen and oxygen atoms in total. The first kappa shape index (κ1) is 18.0. The molecule has 0 bridgehead atoms. The third kappa shape index (κ3) is 6.42. The Balaban J connectivity index is 1.74. The van der Waals surface area contributed by atoms with E-state index in [0.717, 1.165) is 24.3 Å². The predicted octanol–water partition coefficient (Wildman–Crippen LogP) is 4.56. The van der Waals surface area contributed by atoms with Crippen LogP contribution in [0.2, 0.25) is 0 Å². The zero-order valence-corrected chi connectivity index (χ0v) is 14.8. The summed E-state index contributed by atoms with van der Waals surface area (Å²) in [4.78, 5) is 0. The first-order valence-electron chi connectivity index (χ1n) is 8.12. The van der Waals surface area contributed by atoms with Crippen LogP contribution in [0.1, 0.15) is 18.9 Å². The lowest BCUT2D eigenvalue weighted by atomic mass is 10.1. The normalized spacial score (nSPS) is 11.4. The fraction of sp³-hybridized carbons (Fsp3) is 0.250. The summed E-state index contributed by atoms with van der Waals surface area (Å²) >= 11 is 5.38. The highest BCUT2D eigenvalue weighted by Gasteiger charge is 2.05. The topological polar surface area (TPSA) is 33.3 Å². The minimum atomic E-state index is 0.306. The number of hydrogen-bond donors (Lipinski definition) is 2. The Morgan fingerprint density at radius 2 is 1.88 bits per heavy atom. The van der Waals surface area contributed by atoms with E-state index in [-0.39, 0.29) is 0 Å². The van der Waals surface area contributed by atoms with Crippen molar-refractivity contribution in [3.63, 3.8) is 0 Å². The van der Waals surface area contributed by atoms with Crippen molar-refractivity contribution in [2.45, 2.75) is 25.8 Å². The van der Waals surface area contributed by atoms with Gasteiger partial charge >= 0.3 is 0 Å². The minimum absolute atomic E-state index is 0.306. The lowest BCUT2D eigenvalue weighted by Crippen LogP contribution is -2.36. The van der Waals surface area contributed by atoms with Crippen molar-refractivity contribution < 1.29 is 4.74 Å². The molecule has 2 aromatic carbocycles. The van der Waals surface area contributed by atoms with Crippen molar-refractivity contribution in [1.82, 2.24) is 5.32 Å². The molecule has 0 aromatic heterocycles. The molecule has 0 heterocycles. The minimum Gasteiger partial charge on any atom is -0.490 e. The Bertz CT molecular complexity index is 640. The van der Waals surface area contributed by atoms with Crippen molar-refractivity contribution in [1.29, 1.82) is 0 Å². The van der Waals surface area contributed by atoms with E-state index in [1.807, 2.05) is 30.3 Å². The average Bonchev–Trinajstić information content (AvgIpc) is 2.60. The molecular weight excluding hydrogens is 316 g/mol. The standard InChI is InChI=1S/C20H24N2OS/c1-3-15-23-19-13-11-18(12-14-19)22-20(24)21-16(2)9-10-17-7-5-4-6-8-17/h3-8,11-14,16H,1,9-10,15H2,2H3,(H2,21,22,24)/t16-/m1/s1. The van der Waals surface area contributed by atoms with Gasteiger partial charge in [0.25, 0.3) is 0 Å². The van der Waals surface area contributed by atoms with Gasteiger partial charge in [-0.2, -0.15) is 0 Å². The number of hydrogen-bond acceptors (Lipinski definition) is 2. The largest absolute Gasteiger partial charge is 0.490 e. The monoisotopic (exact) mass is 340 g/mol. The molecule has 0 amide bonds. The number of benzene rings is 2. The van der Waals surface area contributed by atoms with Gasteiger partial charge in [0, 0.05) is 11.7 Å². The summed E-state index contributed by atoms with van der Waals surface area (Å²) in [6.45, 7) is 6.28. The van der Waals surface area contributed by atoms with E-state index in [9.17, 15) is 0 Å². The summed E-state index contributed by atoms with van der Waals surface area (Å²) in [5, 5.41) is 7.16. The van der Waals surface area contributed by atoms with E-state index in [4.69, 9.17) is 17.0 Å². The molecule has 0 unspecified atom stereocenters. The Morgan fingerprint density at radius 1 is 1.17 bits per heavy atom. The number of aryl methyl sites for hydroxylation is 1. The number of thiocarbonyl (C=S) groups is 1. The Hall–Kier alpha value is -2.33. The van der Waals surface area contributed by atoms with Crippen molar-refractivity contribution in [2.24, 2.45) is 0 Å². The maximum atomic E-state index is 5.46. The van der Waals surface area contributed by atoms with Crippen LogP contribution in [0.4, 0.5) is 5.69 Å². The van der Waals surface area contributed by atoms with Crippen LogP contribution >= 0.6 is 12.2 Å². The average molecular weight is 340 g/mol. The zero-order valence-electron chi connectivity index (χ0n) is 14.0. The van der Waals surface area contributed by atoms with Crippen LogP contribution in [0.25, 0.3) is 0 Å². The zero-order chi connectivity index (χ0) is 17.2. The van der Waals surface area contributed by atoms with Crippen LogP contribution in [0.3, 0.4) is 0 Å². The molecule has 2 N–H and O–H groups in total. The van der Waals surface area contributed by atoms with E-state index < -0.39 is 0 Å².